The molecule has 0 radical (unpaired) electrons. The fourth-order valence-corrected chi connectivity index (χ4v) is 2.15. The fourth-order valence-electron chi connectivity index (χ4n) is 2.15. The molecule has 13 heavy (non-hydrogen) atoms. The van der Waals surface area contributed by atoms with Crippen LogP contribution in [-0.4, -0.2) is 37.1 Å². The number of hydrogen-bond donors (Lipinski definition) is 1. The molecule has 0 aromatic carbocycles. The summed E-state index contributed by atoms with van der Waals surface area (Å²) in [4.78, 5) is 2.60. The number of hydrogen-bond acceptors (Lipinski definition) is 2. The van der Waals surface area contributed by atoms with Gasteiger partial charge in [-0.05, 0) is 45.3 Å². The zero-order valence-electron chi connectivity index (χ0n) is 9.18. The van der Waals surface area contributed by atoms with Gasteiger partial charge in [0, 0.05) is 12.6 Å². The highest BCUT2D eigenvalue weighted by Gasteiger charge is 2.16. The third-order valence-electron chi connectivity index (χ3n) is 2.72. The summed E-state index contributed by atoms with van der Waals surface area (Å²) >= 11 is 0. The molecule has 1 rings (SSSR count). The highest BCUT2D eigenvalue weighted by atomic mass is 15.1. The van der Waals surface area contributed by atoms with E-state index in [4.69, 9.17) is 0 Å². The molecule has 0 spiro atoms. The Bertz CT molecular complexity index is 113. The standard InChI is InChI=1S/C11H24N2/c1-3-8-13(9-4-2)10-11-6-5-7-12-11/h11-12H,3-10H2,1-2H3/t11-/m1/s1. The zero-order chi connectivity index (χ0) is 9.52. The molecule has 2 heteroatoms. The summed E-state index contributed by atoms with van der Waals surface area (Å²) in [5, 5.41) is 3.56. The average Bonchev–Trinajstić information content (AvgIpc) is 2.58. The maximum atomic E-state index is 3.56. The molecule has 0 unspecified atom stereocenters. The van der Waals surface area contributed by atoms with Gasteiger partial charge in [-0.15, -0.1) is 0 Å². The van der Waals surface area contributed by atoms with Crippen molar-refractivity contribution in [1.82, 2.24) is 10.2 Å². The average molecular weight is 184 g/mol. The van der Waals surface area contributed by atoms with Crippen molar-refractivity contribution in [2.75, 3.05) is 26.2 Å². The summed E-state index contributed by atoms with van der Waals surface area (Å²) < 4.78 is 0. The molecule has 2 nitrogen and oxygen atoms in total. The van der Waals surface area contributed by atoms with Gasteiger partial charge in [0.2, 0.25) is 0 Å². The quantitative estimate of drug-likeness (QED) is 0.678. The topological polar surface area (TPSA) is 15.3 Å². The first-order chi connectivity index (χ1) is 6.36. The first-order valence-electron chi connectivity index (χ1n) is 5.82. The van der Waals surface area contributed by atoms with Crippen LogP contribution in [-0.2, 0) is 0 Å². The Morgan fingerprint density at radius 1 is 1.23 bits per heavy atom. The van der Waals surface area contributed by atoms with E-state index in [0.29, 0.717) is 0 Å². The molecular formula is C11H24N2. The fraction of sp³-hybridized carbons (Fsp3) is 1.00. The summed E-state index contributed by atoms with van der Waals surface area (Å²) in [7, 11) is 0. The molecule has 1 N–H and O–H groups in total. The van der Waals surface area contributed by atoms with E-state index in [9.17, 15) is 0 Å². The van der Waals surface area contributed by atoms with Crippen LogP contribution in [0.25, 0.3) is 0 Å². The Kier molecular flexibility index (Phi) is 5.40. The maximum Gasteiger partial charge on any atom is 0.0195 e. The molecule has 0 bridgehead atoms. The van der Waals surface area contributed by atoms with Crippen LogP contribution in [0.1, 0.15) is 39.5 Å². The molecule has 1 aliphatic heterocycles. The minimum atomic E-state index is 0.776. The molecule has 0 amide bonds. The van der Waals surface area contributed by atoms with Crippen LogP contribution in [0.5, 0.6) is 0 Å². The molecule has 0 aromatic heterocycles. The lowest BCUT2D eigenvalue weighted by Crippen LogP contribution is -2.38. The normalized spacial score (nSPS) is 22.8. The van der Waals surface area contributed by atoms with Gasteiger partial charge >= 0.3 is 0 Å². The van der Waals surface area contributed by atoms with Gasteiger partial charge in [-0.3, -0.25) is 0 Å². The van der Waals surface area contributed by atoms with Crippen molar-refractivity contribution in [2.45, 2.75) is 45.6 Å². The summed E-state index contributed by atoms with van der Waals surface area (Å²) in [5.74, 6) is 0. The highest BCUT2D eigenvalue weighted by Crippen LogP contribution is 2.07. The smallest absolute Gasteiger partial charge is 0.0195 e. The Labute approximate surface area is 82.7 Å². The van der Waals surface area contributed by atoms with Crippen LogP contribution in [0.4, 0.5) is 0 Å². The summed E-state index contributed by atoms with van der Waals surface area (Å²) in [6, 6.07) is 0.776. The van der Waals surface area contributed by atoms with E-state index in [0.717, 1.165) is 6.04 Å². The second-order valence-corrected chi connectivity index (χ2v) is 4.09. The number of nitrogens with zero attached hydrogens (tertiary/aromatic N) is 1. The molecule has 1 atom stereocenters. The van der Waals surface area contributed by atoms with Crippen molar-refractivity contribution in [2.24, 2.45) is 0 Å². The van der Waals surface area contributed by atoms with Gasteiger partial charge in [-0.2, -0.15) is 0 Å². The SMILES string of the molecule is CCCN(CCC)C[C@H]1CCCN1. The van der Waals surface area contributed by atoms with E-state index in [1.165, 1.54) is 51.9 Å². The minimum Gasteiger partial charge on any atom is -0.313 e. The van der Waals surface area contributed by atoms with Gasteiger partial charge in [-0.1, -0.05) is 13.8 Å². The van der Waals surface area contributed by atoms with Crippen LogP contribution >= 0.6 is 0 Å². The minimum absolute atomic E-state index is 0.776. The number of nitrogens with one attached hydrogen (secondary N) is 1. The van der Waals surface area contributed by atoms with Crippen molar-refractivity contribution < 1.29 is 0 Å². The van der Waals surface area contributed by atoms with E-state index < -0.39 is 0 Å². The van der Waals surface area contributed by atoms with E-state index >= 15 is 0 Å². The van der Waals surface area contributed by atoms with Gasteiger partial charge in [0.15, 0.2) is 0 Å². The third-order valence-corrected chi connectivity index (χ3v) is 2.72. The lowest BCUT2D eigenvalue weighted by Gasteiger charge is -2.24. The first kappa shape index (κ1) is 11.0. The van der Waals surface area contributed by atoms with Crippen LogP contribution in [0, 0.1) is 0 Å². The van der Waals surface area contributed by atoms with Gasteiger partial charge in [-0.25, -0.2) is 0 Å². The molecule has 1 saturated heterocycles. The van der Waals surface area contributed by atoms with Gasteiger partial charge in [0.25, 0.3) is 0 Å². The molecule has 1 aliphatic rings. The van der Waals surface area contributed by atoms with E-state index in [1.807, 2.05) is 0 Å². The second-order valence-electron chi connectivity index (χ2n) is 4.09. The van der Waals surface area contributed by atoms with Crippen molar-refractivity contribution in [3.8, 4) is 0 Å². The predicted octanol–water partition coefficient (Wildman–Crippen LogP) is 1.86. The van der Waals surface area contributed by atoms with Crippen LogP contribution in [0.3, 0.4) is 0 Å². The van der Waals surface area contributed by atoms with Crippen LogP contribution in [0.15, 0.2) is 0 Å². The highest BCUT2D eigenvalue weighted by molar-refractivity contribution is 4.77. The summed E-state index contributed by atoms with van der Waals surface area (Å²) in [5.41, 5.74) is 0. The Morgan fingerprint density at radius 3 is 2.38 bits per heavy atom. The van der Waals surface area contributed by atoms with Crippen LogP contribution in [0.2, 0.25) is 0 Å². The second kappa shape index (κ2) is 6.39. The number of rotatable bonds is 6. The van der Waals surface area contributed by atoms with Gasteiger partial charge in [0.05, 0.1) is 0 Å². The monoisotopic (exact) mass is 184 g/mol. The van der Waals surface area contributed by atoms with Crippen LogP contribution < -0.4 is 5.32 Å². The van der Waals surface area contributed by atoms with E-state index in [1.54, 1.807) is 0 Å². The van der Waals surface area contributed by atoms with E-state index in [2.05, 4.69) is 24.1 Å². The molecule has 1 heterocycles. The van der Waals surface area contributed by atoms with Crippen molar-refractivity contribution in [3.05, 3.63) is 0 Å². The lowest BCUT2D eigenvalue weighted by atomic mass is 10.2. The Hall–Kier alpha value is -0.0800. The maximum absolute atomic E-state index is 3.56. The molecule has 0 saturated carbocycles. The zero-order valence-corrected chi connectivity index (χ0v) is 9.18. The largest absolute Gasteiger partial charge is 0.313 e. The van der Waals surface area contributed by atoms with Crippen molar-refractivity contribution in [1.29, 1.82) is 0 Å². The molecule has 0 aliphatic carbocycles. The Balaban J connectivity index is 2.19. The third kappa shape index (κ3) is 4.10. The first-order valence-corrected chi connectivity index (χ1v) is 5.82. The molecule has 0 aromatic rings. The molecule has 78 valence electrons. The van der Waals surface area contributed by atoms with Crippen molar-refractivity contribution >= 4 is 0 Å². The lowest BCUT2D eigenvalue weighted by molar-refractivity contribution is 0.250. The van der Waals surface area contributed by atoms with E-state index in [-0.39, 0.29) is 0 Å². The van der Waals surface area contributed by atoms with Gasteiger partial charge in [0.1, 0.15) is 0 Å². The molecule has 1 fully saturated rings. The summed E-state index contributed by atoms with van der Waals surface area (Å²) in [6.07, 6.45) is 5.32. The van der Waals surface area contributed by atoms with Gasteiger partial charge < -0.3 is 10.2 Å². The summed E-state index contributed by atoms with van der Waals surface area (Å²) in [6.45, 7) is 9.58. The Morgan fingerprint density at radius 2 is 1.92 bits per heavy atom. The molecular weight excluding hydrogens is 160 g/mol. The predicted molar refractivity (Wildman–Crippen MR) is 58.0 cm³/mol. The van der Waals surface area contributed by atoms with Crippen molar-refractivity contribution in [3.63, 3.8) is 0 Å².